The third-order valence-electron chi connectivity index (χ3n) is 5.10. The van der Waals surface area contributed by atoms with Crippen LogP contribution in [-0.4, -0.2) is 68.0 Å². The normalized spacial score (nSPS) is 18.2. The highest BCUT2D eigenvalue weighted by Crippen LogP contribution is 2.40. The molecule has 1 saturated heterocycles. The van der Waals surface area contributed by atoms with Crippen LogP contribution in [0.15, 0.2) is 54.1 Å². The van der Waals surface area contributed by atoms with E-state index in [9.17, 15) is 14.7 Å². The maximum absolute atomic E-state index is 13.0. The highest BCUT2D eigenvalue weighted by molar-refractivity contribution is 6.46. The van der Waals surface area contributed by atoms with E-state index in [1.54, 1.807) is 55.6 Å². The lowest BCUT2D eigenvalue weighted by Gasteiger charge is -2.26. The molecule has 0 aromatic heterocycles. The minimum Gasteiger partial charge on any atom is -0.507 e. The van der Waals surface area contributed by atoms with Gasteiger partial charge in [-0.2, -0.15) is 0 Å². The average molecular weight is 410 g/mol. The molecular formula is C23H26N2O5. The van der Waals surface area contributed by atoms with Crippen LogP contribution in [0.3, 0.4) is 0 Å². The molecule has 1 atom stereocenters. The second kappa shape index (κ2) is 9.00. The number of carbonyl (C=O) groups is 2. The Labute approximate surface area is 176 Å². The number of rotatable bonds is 7. The summed E-state index contributed by atoms with van der Waals surface area (Å²) >= 11 is 0. The van der Waals surface area contributed by atoms with E-state index in [2.05, 4.69) is 0 Å². The van der Waals surface area contributed by atoms with E-state index in [1.807, 2.05) is 19.0 Å². The van der Waals surface area contributed by atoms with Crippen LogP contribution in [0.1, 0.15) is 17.2 Å². The number of hydrogen-bond acceptors (Lipinski definition) is 6. The van der Waals surface area contributed by atoms with E-state index >= 15 is 0 Å². The third kappa shape index (κ3) is 4.16. The molecule has 30 heavy (non-hydrogen) atoms. The van der Waals surface area contributed by atoms with Crippen molar-refractivity contribution in [2.24, 2.45) is 0 Å². The number of aliphatic hydroxyl groups is 1. The SMILES string of the molecule is COc1ccc(C2/C(=C(/O)c3cccc(OC)c3)C(=O)C(=O)N2CCN(C)C)cc1. The van der Waals surface area contributed by atoms with Gasteiger partial charge in [-0.05, 0) is 43.9 Å². The van der Waals surface area contributed by atoms with Crippen LogP contribution in [0.5, 0.6) is 11.5 Å². The predicted molar refractivity (Wildman–Crippen MR) is 114 cm³/mol. The van der Waals surface area contributed by atoms with Crippen molar-refractivity contribution in [2.45, 2.75) is 6.04 Å². The van der Waals surface area contributed by atoms with Crippen molar-refractivity contribution in [3.63, 3.8) is 0 Å². The molecule has 1 fully saturated rings. The number of hydrogen-bond donors (Lipinski definition) is 1. The Morgan fingerprint density at radius 3 is 2.30 bits per heavy atom. The van der Waals surface area contributed by atoms with Crippen LogP contribution in [0.4, 0.5) is 0 Å². The van der Waals surface area contributed by atoms with Gasteiger partial charge in [0, 0.05) is 18.7 Å². The summed E-state index contributed by atoms with van der Waals surface area (Å²) in [6.45, 7) is 0.933. The quantitative estimate of drug-likeness (QED) is 0.430. The van der Waals surface area contributed by atoms with Crippen molar-refractivity contribution in [1.29, 1.82) is 0 Å². The molecule has 1 aliphatic rings. The summed E-state index contributed by atoms with van der Waals surface area (Å²) in [6.07, 6.45) is 0. The third-order valence-corrected chi connectivity index (χ3v) is 5.10. The van der Waals surface area contributed by atoms with E-state index in [-0.39, 0.29) is 11.3 Å². The van der Waals surface area contributed by atoms with Gasteiger partial charge in [-0.25, -0.2) is 0 Å². The molecule has 7 nitrogen and oxygen atoms in total. The summed E-state index contributed by atoms with van der Waals surface area (Å²) in [5.74, 6) is -0.337. The van der Waals surface area contributed by atoms with Crippen LogP contribution in [0, 0.1) is 0 Å². The van der Waals surface area contributed by atoms with Crippen LogP contribution >= 0.6 is 0 Å². The zero-order valence-corrected chi connectivity index (χ0v) is 17.6. The van der Waals surface area contributed by atoms with Crippen LogP contribution < -0.4 is 9.47 Å². The lowest BCUT2D eigenvalue weighted by Crippen LogP contribution is -2.35. The van der Waals surface area contributed by atoms with Crippen LogP contribution in [-0.2, 0) is 9.59 Å². The Hall–Kier alpha value is -3.32. The Bertz CT molecular complexity index is 966. The van der Waals surface area contributed by atoms with Crippen molar-refractivity contribution in [1.82, 2.24) is 9.80 Å². The van der Waals surface area contributed by atoms with Gasteiger partial charge >= 0.3 is 0 Å². The predicted octanol–water partition coefficient (Wildman–Crippen LogP) is 2.69. The molecule has 1 aliphatic heterocycles. The summed E-state index contributed by atoms with van der Waals surface area (Å²) in [5, 5.41) is 11.0. The molecule has 7 heteroatoms. The van der Waals surface area contributed by atoms with E-state index in [0.29, 0.717) is 30.2 Å². The number of nitrogens with zero attached hydrogens (tertiary/aromatic N) is 2. The summed E-state index contributed by atoms with van der Waals surface area (Å²) in [4.78, 5) is 29.3. The molecule has 0 aliphatic carbocycles. The van der Waals surface area contributed by atoms with E-state index in [0.717, 1.165) is 5.56 Å². The van der Waals surface area contributed by atoms with E-state index in [4.69, 9.17) is 9.47 Å². The highest BCUT2D eigenvalue weighted by Gasteiger charge is 2.45. The highest BCUT2D eigenvalue weighted by atomic mass is 16.5. The first kappa shape index (κ1) is 21.4. The van der Waals surface area contributed by atoms with Gasteiger partial charge < -0.3 is 24.4 Å². The maximum Gasteiger partial charge on any atom is 0.295 e. The number of ether oxygens (including phenoxy) is 2. The molecule has 1 heterocycles. The zero-order valence-electron chi connectivity index (χ0n) is 17.6. The van der Waals surface area contributed by atoms with Gasteiger partial charge in [0.05, 0.1) is 25.8 Å². The summed E-state index contributed by atoms with van der Waals surface area (Å²) in [7, 11) is 6.89. The molecule has 2 aromatic carbocycles. The fraction of sp³-hybridized carbons (Fsp3) is 0.304. The molecule has 1 N–H and O–H groups in total. The van der Waals surface area contributed by atoms with Gasteiger partial charge in [0.2, 0.25) is 0 Å². The molecular weight excluding hydrogens is 384 g/mol. The van der Waals surface area contributed by atoms with Crippen LogP contribution in [0.25, 0.3) is 5.76 Å². The Morgan fingerprint density at radius 1 is 1.03 bits per heavy atom. The molecule has 0 spiro atoms. The van der Waals surface area contributed by atoms with Gasteiger partial charge in [0.15, 0.2) is 0 Å². The lowest BCUT2D eigenvalue weighted by atomic mass is 9.95. The Kier molecular flexibility index (Phi) is 6.42. The second-order valence-corrected chi connectivity index (χ2v) is 7.30. The number of carbonyl (C=O) groups excluding carboxylic acids is 2. The first-order valence-electron chi connectivity index (χ1n) is 9.59. The smallest absolute Gasteiger partial charge is 0.295 e. The van der Waals surface area contributed by atoms with E-state index in [1.165, 1.54) is 12.0 Å². The monoisotopic (exact) mass is 410 g/mol. The Morgan fingerprint density at radius 2 is 1.70 bits per heavy atom. The van der Waals surface area contributed by atoms with Crippen molar-refractivity contribution >= 4 is 17.4 Å². The molecule has 0 saturated carbocycles. The molecule has 1 unspecified atom stereocenters. The van der Waals surface area contributed by atoms with Crippen molar-refractivity contribution in [3.8, 4) is 11.5 Å². The summed E-state index contributed by atoms with van der Waals surface area (Å²) in [5.41, 5.74) is 1.20. The van der Waals surface area contributed by atoms with Crippen molar-refractivity contribution < 1.29 is 24.2 Å². The number of likely N-dealkylation sites (N-methyl/N-ethyl adjacent to an activating group) is 1. The number of methoxy groups -OCH3 is 2. The molecule has 158 valence electrons. The van der Waals surface area contributed by atoms with E-state index < -0.39 is 17.7 Å². The minimum absolute atomic E-state index is 0.0668. The zero-order chi connectivity index (χ0) is 21.8. The standard InChI is InChI=1S/C23H26N2O5/c1-24(2)12-13-25-20(15-8-10-17(29-3)11-9-15)19(22(27)23(25)28)21(26)16-6-5-7-18(14-16)30-4/h5-11,14,20,26H,12-13H2,1-4H3/b21-19-. The number of likely N-dealkylation sites (tertiary alicyclic amines) is 1. The number of ketones is 1. The first-order chi connectivity index (χ1) is 14.4. The summed E-state index contributed by atoms with van der Waals surface area (Å²) < 4.78 is 10.4. The summed E-state index contributed by atoms with van der Waals surface area (Å²) in [6, 6.07) is 13.2. The van der Waals surface area contributed by atoms with Crippen molar-refractivity contribution in [2.75, 3.05) is 41.4 Å². The Balaban J connectivity index is 2.13. The number of Topliss-reactive ketones (excluding diaryl/α,β-unsaturated/α-hetero) is 1. The maximum atomic E-state index is 13.0. The molecule has 3 rings (SSSR count). The number of amides is 1. The fourth-order valence-corrected chi connectivity index (χ4v) is 3.48. The molecule has 1 amide bonds. The molecule has 2 aromatic rings. The lowest BCUT2D eigenvalue weighted by molar-refractivity contribution is -0.140. The van der Waals surface area contributed by atoms with Gasteiger partial charge in [-0.1, -0.05) is 24.3 Å². The largest absolute Gasteiger partial charge is 0.507 e. The van der Waals surface area contributed by atoms with Gasteiger partial charge in [-0.15, -0.1) is 0 Å². The fourth-order valence-electron chi connectivity index (χ4n) is 3.48. The first-order valence-corrected chi connectivity index (χ1v) is 9.59. The van der Waals surface area contributed by atoms with Gasteiger partial charge in [0.1, 0.15) is 17.3 Å². The minimum atomic E-state index is -0.699. The topological polar surface area (TPSA) is 79.3 Å². The second-order valence-electron chi connectivity index (χ2n) is 7.30. The molecule has 0 bridgehead atoms. The van der Waals surface area contributed by atoms with Crippen LogP contribution in [0.2, 0.25) is 0 Å². The average Bonchev–Trinajstić information content (AvgIpc) is 3.02. The van der Waals surface area contributed by atoms with Crippen molar-refractivity contribution in [3.05, 3.63) is 65.2 Å². The van der Waals surface area contributed by atoms with Gasteiger partial charge in [0.25, 0.3) is 11.7 Å². The van der Waals surface area contributed by atoms with Gasteiger partial charge in [-0.3, -0.25) is 9.59 Å². The number of benzene rings is 2. The molecule has 0 radical (unpaired) electrons. The number of aliphatic hydroxyl groups excluding tert-OH is 1.